The van der Waals surface area contributed by atoms with E-state index >= 15 is 0 Å². The second kappa shape index (κ2) is 6.67. The predicted octanol–water partition coefficient (Wildman–Crippen LogP) is 1.11. The summed E-state index contributed by atoms with van der Waals surface area (Å²) < 4.78 is 5.33. The molecule has 4 N–H and O–H groups in total. The molecule has 0 saturated carbocycles. The first-order valence-electron chi connectivity index (χ1n) is 6.45. The molecule has 2 aromatic rings. The molecule has 0 aliphatic heterocycles. The van der Waals surface area contributed by atoms with Gasteiger partial charge in [0.15, 0.2) is 5.78 Å². The molecule has 1 unspecified atom stereocenters. The molecule has 2 rings (SSSR count). The van der Waals surface area contributed by atoms with Crippen LogP contribution in [0.1, 0.15) is 15.9 Å². The van der Waals surface area contributed by atoms with Gasteiger partial charge in [0, 0.05) is 11.1 Å². The molecule has 0 aromatic heterocycles. The van der Waals surface area contributed by atoms with Gasteiger partial charge in [-0.15, -0.1) is 0 Å². The van der Waals surface area contributed by atoms with Crippen molar-refractivity contribution in [2.24, 2.45) is 11.5 Å². The minimum absolute atomic E-state index is 0.00130. The normalized spacial score (nSPS) is 11.7. The van der Waals surface area contributed by atoms with E-state index in [1.54, 1.807) is 36.4 Å². The Hall–Kier alpha value is -2.66. The van der Waals surface area contributed by atoms with Crippen molar-refractivity contribution >= 4 is 11.7 Å². The molecule has 21 heavy (non-hydrogen) atoms. The number of ether oxygens (including phenoxy) is 1. The molecule has 0 heterocycles. The fourth-order valence-corrected chi connectivity index (χ4v) is 1.73. The molecule has 0 fully saturated rings. The van der Waals surface area contributed by atoms with Gasteiger partial charge in [-0.1, -0.05) is 30.3 Å². The zero-order valence-corrected chi connectivity index (χ0v) is 11.4. The van der Waals surface area contributed by atoms with E-state index in [-0.39, 0.29) is 12.4 Å². The van der Waals surface area contributed by atoms with E-state index in [0.717, 1.165) is 0 Å². The van der Waals surface area contributed by atoms with Crippen LogP contribution < -0.4 is 16.2 Å². The van der Waals surface area contributed by atoms with Gasteiger partial charge in [0.25, 0.3) is 0 Å². The Bertz CT molecular complexity index is 624. The summed E-state index contributed by atoms with van der Waals surface area (Å²) in [5, 5.41) is 0. The highest BCUT2D eigenvalue weighted by molar-refractivity contribution is 6.08. The maximum atomic E-state index is 12.2. The third kappa shape index (κ3) is 3.90. The number of primary amides is 1. The molecule has 5 nitrogen and oxygen atoms in total. The first-order valence-corrected chi connectivity index (χ1v) is 6.45. The number of carbonyl (C=O) groups excluding carboxylic acids is 2. The summed E-state index contributed by atoms with van der Waals surface area (Å²) >= 11 is 0. The SMILES string of the molecule is NC(=O)C(N)COc1ccc(C(=O)c2ccccc2)cc1. The van der Waals surface area contributed by atoms with Crippen LogP contribution in [0.25, 0.3) is 0 Å². The fourth-order valence-electron chi connectivity index (χ4n) is 1.73. The second-order valence-electron chi connectivity index (χ2n) is 4.54. The lowest BCUT2D eigenvalue weighted by Gasteiger charge is -2.10. The molecule has 0 bridgehead atoms. The quantitative estimate of drug-likeness (QED) is 0.777. The third-order valence-electron chi connectivity index (χ3n) is 2.95. The lowest BCUT2D eigenvalue weighted by atomic mass is 10.0. The van der Waals surface area contributed by atoms with Gasteiger partial charge in [-0.05, 0) is 24.3 Å². The number of amides is 1. The molecule has 0 spiro atoms. The molecule has 1 atom stereocenters. The molecule has 0 aliphatic carbocycles. The fraction of sp³-hybridized carbons (Fsp3) is 0.125. The van der Waals surface area contributed by atoms with Crippen LogP contribution in [0.4, 0.5) is 0 Å². The lowest BCUT2D eigenvalue weighted by molar-refractivity contribution is -0.119. The highest BCUT2D eigenvalue weighted by Crippen LogP contribution is 2.15. The number of carbonyl (C=O) groups is 2. The number of rotatable bonds is 6. The van der Waals surface area contributed by atoms with E-state index in [1.807, 2.05) is 18.2 Å². The van der Waals surface area contributed by atoms with Crippen molar-refractivity contribution in [3.63, 3.8) is 0 Å². The summed E-state index contributed by atoms with van der Waals surface area (Å²) in [6, 6.07) is 14.8. The summed E-state index contributed by atoms with van der Waals surface area (Å²) in [6.07, 6.45) is 0. The largest absolute Gasteiger partial charge is 0.491 e. The van der Waals surface area contributed by atoms with Gasteiger partial charge in [-0.2, -0.15) is 0 Å². The van der Waals surface area contributed by atoms with Gasteiger partial charge in [-0.3, -0.25) is 9.59 Å². The summed E-state index contributed by atoms with van der Waals surface area (Å²) in [6.45, 7) is 0.00130. The maximum absolute atomic E-state index is 12.2. The van der Waals surface area contributed by atoms with Crippen molar-refractivity contribution in [3.8, 4) is 5.75 Å². The van der Waals surface area contributed by atoms with Crippen LogP contribution in [0, 0.1) is 0 Å². The summed E-state index contributed by atoms with van der Waals surface area (Å²) in [4.78, 5) is 23.0. The highest BCUT2D eigenvalue weighted by atomic mass is 16.5. The number of nitrogens with two attached hydrogens (primary N) is 2. The summed E-state index contributed by atoms with van der Waals surface area (Å²) in [7, 11) is 0. The first-order chi connectivity index (χ1) is 10.1. The van der Waals surface area contributed by atoms with Gasteiger partial charge in [0.1, 0.15) is 18.4 Å². The Balaban J connectivity index is 2.02. The van der Waals surface area contributed by atoms with Crippen LogP contribution in [-0.2, 0) is 4.79 Å². The Kier molecular flexibility index (Phi) is 4.68. The van der Waals surface area contributed by atoms with Gasteiger partial charge in [0.05, 0.1) is 0 Å². The van der Waals surface area contributed by atoms with Crippen LogP contribution in [0.3, 0.4) is 0 Å². The van der Waals surface area contributed by atoms with E-state index in [0.29, 0.717) is 16.9 Å². The highest BCUT2D eigenvalue weighted by Gasteiger charge is 2.11. The van der Waals surface area contributed by atoms with Crippen LogP contribution in [-0.4, -0.2) is 24.3 Å². The van der Waals surface area contributed by atoms with Crippen molar-refractivity contribution in [2.45, 2.75) is 6.04 Å². The average molecular weight is 284 g/mol. The molecule has 1 amide bonds. The Morgan fingerprint density at radius 2 is 1.52 bits per heavy atom. The smallest absolute Gasteiger partial charge is 0.237 e. The maximum Gasteiger partial charge on any atom is 0.237 e. The van der Waals surface area contributed by atoms with Crippen LogP contribution in [0.15, 0.2) is 54.6 Å². The van der Waals surface area contributed by atoms with Crippen molar-refractivity contribution < 1.29 is 14.3 Å². The zero-order valence-electron chi connectivity index (χ0n) is 11.4. The topological polar surface area (TPSA) is 95.4 Å². The molecule has 0 radical (unpaired) electrons. The van der Waals surface area contributed by atoms with Crippen LogP contribution >= 0.6 is 0 Å². The lowest BCUT2D eigenvalue weighted by Crippen LogP contribution is -2.41. The number of hydrogen-bond acceptors (Lipinski definition) is 4. The molecular weight excluding hydrogens is 268 g/mol. The molecule has 5 heteroatoms. The minimum Gasteiger partial charge on any atom is -0.491 e. The minimum atomic E-state index is -0.851. The van der Waals surface area contributed by atoms with Gasteiger partial charge >= 0.3 is 0 Å². The number of benzene rings is 2. The van der Waals surface area contributed by atoms with E-state index in [4.69, 9.17) is 16.2 Å². The summed E-state index contributed by atoms with van der Waals surface area (Å²) in [5.41, 5.74) is 11.7. The van der Waals surface area contributed by atoms with Crippen molar-refractivity contribution in [1.29, 1.82) is 0 Å². The van der Waals surface area contributed by atoms with E-state index in [9.17, 15) is 9.59 Å². The zero-order chi connectivity index (χ0) is 15.2. The average Bonchev–Trinajstić information content (AvgIpc) is 2.53. The summed E-state index contributed by atoms with van der Waals surface area (Å²) in [5.74, 6) is -0.154. The molecule has 0 saturated heterocycles. The standard InChI is InChI=1S/C16H16N2O3/c17-14(16(18)20)10-21-13-8-6-12(7-9-13)15(19)11-4-2-1-3-5-11/h1-9,14H,10,17H2,(H2,18,20). The van der Waals surface area contributed by atoms with E-state index in [2.05, 4.69) is 0 Å². The Labute approximate surface area is 122 Å². The molecule has 108 valence electrons. The number of ketones is 1. The molecule has 0 aliphatic rings. The van der Waals surface area contributed by atoms with Crippen molar-refractivity contribution in [2.75, 3.05) is 6.61 Å². The van der Waals surface area contributed by atoms with Crippen molar-refractivity contribution in [3.05, 3.63) is 65.7 Å². The monoisotopic (exact) mass is 284 g/mol. The number of hydrogen-bond donors (Lipinski definition) is 2. The van der Waals surface area contributed by atoms with Gasteiger partial charge in [-0.25, -0.2) is 0 Å². The van der Waals surface area contributed by atoms with E-state index in [1.165, 1.54) is 0 Å². The van der Waals surface area contributed by atoms with Crippen LogP contribution in [0.5, 0.6) is 5.75 Å². The Morgan fingerprint density at radius 3 is 2.10 bits per heavy atom. The molecular formula is C16H16N2O3. The predicted molar refractivity (Wildman–Crippen MR) is 79.0 cm³/mol. The third-order valence-corrected chi connectivity index (χ3v) is 2.95. The molecule has 2 aromatic carbocycles. The van der Waals surface area contributed by atoms with E-state index < -0.39 is 11.9 Å². The van der Waals surface area contributed by atoms with Gasteiger partial charge < -0.3 is 16.2 Å². The second-order valence-corrected chi connectivity index (χ2v) is 4.54. The van der Waals surface area contributed by atoms with Crippen LogP contribution in [0.2, 0.25) is 0 Å². The first kappa shape index (κ1) is 14.7. The Morgan fingerprint density at radius 1 is 0.952 bits per heavy atom. The van der Waals surface area contributed by atoms with Gasteiger partial charge in [0.2, 0.25) is 5.91 Å². The van der Waals surface area contributed by atoms with Crippen molar-refractivity contribution in [1.82, 2.24) is 0 Å².